The molecule has 104 valence electrons. The van der Waals surface area contributed by atoms with Crippen LogP contribution in [0.5, 0.6) is 0 Å². The predicted molar refractivity (Wildman–Crippen MR) is 73.7 cm³/mol. The Labute approximate surface area is 116 Å². The predicted octanol–water partition coefficient (Wildman–Crippen LogP) is -0.112. The third-order valence-corrected chi connectivity index (χ3v) is 9.23. The van der Waals surface area contributed by atoms with Gasteiger partial charge in [0.2, 0.25) is 0 Å². The molecule has 9 nitrogen and oxygen atoms in total. The van der Waals surface area contributed by atoms with E-state index in [1.165, 1.54) is 0 Å². The normalized spacial score (nSPS) is 20.6. The van der Waals surface area contributed by atoms with Crippen molar-refractivity contribution in [2.75, 3.05) is 0 Å². The second-order valence-electron chi connectivity index (χ2n) is 2.16. The van der Waals surface area contributed by atoms with Gasteiger partial charge in [-0.05, 0) is 47.2 Å². The summed E-state index contributed by atoms with van der Waals surface area (Å²) in [4.78, 5) is 53.3. The Morgan fingerprint density at radius 3 is 0.941 bits per heavy atom. The zero-order chi connectivity index (χ0) is 14.1. The average Bonchev–Trinajstić information content (AvgIpc) is 1.65. The number of rotatable bonds is 6. The van der Waals surface area contributed by atoms with Crippen molar-refractivity contribution in [3.05, 3.63) is 0 Å². The van der Waals surface area contributed by atoms with Gasteiger partial charge in [-0.25, -0.2) is 12.9 Å². The van der Waals surface area contributed by atoms with E-state index in [9.17, 15) is 9.79 Å². The van der Waals surface area contributed by atoms with Crippen molar-refractivity contribution in [2.24, 2.45) is 0 Å². The van der Waals surface area contributed by atoms with E-state index in [4.69, 9.17) is 19.6 Å². The van der Waals surface area contributed by atoms with Crippen molar-refractivity contribution in [3.63, 3.8) is 0 Å². The molecule has 0 amide bonds. The first kappa shape index (κ1) is 19.2. The van der Waals surface area contributed by atoms with Gasteiger partial charge < -0.3 is 29.4 Å². The Bertz CT molecular complexity index is 414. The molecule has 17 heteroatoms. The van der Waals surface area contributed by atoms with Crippen LogP contribution < -0.4 is 0 Å². The zero-order valence-corrected chi connectivity index (χ0v) is 14.2. The summed E-state index contributed by atoms with van der Waals surface area (Å²) in [6, 6.07) is 0. The number of hydrogen-bond donors (Lipinski definition) is 6. The molecule has 0 fully saturated rings. The van der Waals surface area contributed by atoms with Gasteiger partial charge in [-0.2, -0.15) is 0 Å². The Kier molecular flexibility index (Phi) is 7.18. The minimum atomic E-state index is -4.42. The van der Waals surface area contributed by atoms with E-state index in [0.717, 1.165) is 0 Å². The lowest BCUT2D eigenvalue weighted by Crippen LogP contribution is -1.94. The molecule has 0 radical (unpaired) electrons. The van der Waals surface area contributed by atoms with Gasteiger partial charge in [0.1, 0.15) is 0 Å². The lowest BCUT2D eigenvalue weighted by molar-refractivity contribution is 0.289. The van der Waals surface area contributed by atoms with Gasteiger partial charge in [0.15, 0.2) is 0 Å². The van der Waals surface area contributed by atoms with E-state index < -0.39 is 26.9 Å². The standard InChI is InChI=1S/H6O9P4S4/c1-10(2,14)7-12(5,16)9-13(6,17)8-11(3,4)15/h(H,5,16)(H,6,17)(H2,1,2,14)(H2,3,4,15). The minimum absolute atomic E-state index is 4.00. The van der Waals surface area contributed by atoms with E-state index in [1.807, 2.05) is 0 Å². The lowest BCUT2D eigenvalue weighted by Gasteiger charge is -2.23. The van der Waals surface area contributed by atoms with Crippen LogP contribution in [0.2, 0.25) is 0 Å². The minimum Gasteiger partial charge on any atom is -0.324 e. The summed E-state index contributed by atoms with van der Waals surface area (Å²) in [6.07, 6.45) is 0. The van der Waals surface area contributed by atoms with Crippen LogP contribution in [0.25, 0.3) is 0 Å². The maximum absolute atomic E-state index is 9.24. The molecule has 2 unspecified atom stereocenters. The molecule has 17 heavy (non-hydrogen) atoms. The number of hydrogen-bond acceptors (Lipinski definition) is 7. The van der Waals surface area contributed by atoms with Crippen LogP contribution in [0.3, 0.4) is 0 Å². The first-order chi connectivity index (χ1) is 7.12. The van der Waals surface area contributed by atoms with Gasteiger partial charge in [-0.15, -0.1) is 0 Å². The van der Waals surface area contributed by atoms with E-state index in [0.29, 0.717) is 0 Å². The zero-order valence-electron chi connectivity index (χ0n) is 7.33. The SMILES string of the molecule is OP(O)(=S)OP(O)(=S)OP(O)(=S)OP(O)(O)=S. The maximum atomic E-state index is 9.24. The van der Waals surface area contributed by atoms with Crippen LogP contribution in [0, 0.1) is 0 Å². The Hall–Kier alpha value is 2.24. The monoisotopic (exact) mass is 402 g/mol. The Morgan fingerprint density at radius 2 is 0.765 bits per heavy atom. The van der Waals surface area contributed by atoms with E-state index in [2.05, 4.69) is 60.2 Å². The second-order valence-corrected chi connectivity index (χ2v) is 13.6. The topological polar surface area (TPSA) is 149 Å². The molecule has 2 atom stereocenters. The molecule has 0 aromatic rings. The molecule has 0 aliphatic heterocycles. The van der Waals surface area contributed by atoms with Crippen LogP contribution in [-0.2, 0) is 60.2 Å². The van der Waals surface area contributed by atoms with Crippen molar-refractivity contribution >= 4 is 74.1 Å². The summed E-state index contributed by atoms with van der Waals surface area (Å²) < 4.78 is 12.2. The summed E-state index contributed by atoms with van der Waals surface area (Å²) in [5.74, 6) is 0. The van der Waals surface area contributed by atoms with Crippen LogP contribution in [-0.4, -0.2) is 29.4 Å². The van der Waals surface area contributed by atoms with Crippen molar-refractivity contribution in [1.29, 1.82) is 0 Å². The molecular weight excluding hydrogens is 396 g/mol. The van der Waals surface area contributed by atoms with Crippen LogP contribution in [0.1, 0.15) is 0 Å². The van der Waals surface area contributed by atoms with Crippen molar-refractivity contribution < 1.29 is 42.3 Å². The third-order valence-electron chi connectivity index (χ3n) is 0.625. The molecule has 0 bridgehead atoms. The van der Waals surface area contributed by atoms with Crippen molar-refractivity contribution in [1.82, 2.24) is 0 Å². The maximum Gasteiger partial charge on any atom is 0.339 e. The van der Waals surface area contributed by atoms with Crippen LogP contribution >= 0.6 is 26.9 Å². The highest BCUT2D eigenvalue weighted by molar-refractivity contribution is 8.19. The van der Waals surface area contributed by atoms with Gasteiger partial charge in [0, 0.05) is 0 Å². The van der Waals surface area contributed by atoms with Gasteiger partial charge in [0.25, 0.3) is 0 Å². The van der Waals surface area contributed by atoms with E-state index in [1.54, 1.807) is 0 Å². The summed E-state index contributed by atoms with van der Waals surface area (Å²) in [7, 11) is 0. The fourth-order valence-corrected chi connectivity index (χ4v) is 10.5. The van der Waals surface area contributed by atoms with E-state index in [-0.39, 0.29) is 0 Å². The van der Waals surface area contributed by atoms with Crippen LogP contribution in [0.4, 0.5) is 0 Å². The molecule has 0 rings (SSSR count). The largest absolute Gasteiger partial charge is 0.339 e. The van der Waals surface area contributed by atoms with Crippen molar-refractivity contribution in [2.45, 2.75) is 0 Å². The second kappa shape index (κ2) is 6.34. The molecular formula is H6O9P4S4. The summed E-state index contributed by atoms with van der Waals surface area (Å²) >= 11 is 16.4. The van der Waals surface area contributed by atoms with Gasteiger partial charge in [-0.1, -0.05) is 0 Å². The average molecular weight is 402 g/mol. The van der Waals surface area contributed by atoms with Gasteiger partial charge >= 0.3 is 26.9 Å². The highest BCUT2D eigenvalue weighted by atomic mass is 32.5. The highest BCUT2D eigenvalue weighted by Crippen LogP contribution is 2.70. The summed E-state index contributed by atoms with van der Waals surface area (Å²) in [5, 5.41) is 0. The molecule has 0 saturated heterocycles. The molecule has 0 heterocycles. The Morgan fingerprint density at radius 1 is 0.529 bits per heavy atom. The highest BCUT2D eigenvalue weighted by Gasteiger charge is 2.34. The first-order valence-corrected chi connectivity index (χ1v) is 13.5. The quantitative estimate of drug-likeness (QED) is 0.328. The van der Waals surface area contributed by atoms with Crippen LogP contribution in [0.15, 0.2) is 0 Å². The third kappa shape index (κ3) is 11.7. The van der Waals surface area contributed by atoms with Crippen molar-refractivity contribution in [3.8, 4) is 0 Å². The fraction of sp³-hybridized carbons (Fsp3) is 0. The summed E-state index contributed by atoms with van der Waals surface area (Å²) in [5.41, 5.74) is 0. The molecule has 0 aromatic heterocycles. The molecule has 6 N–H and O–H groups in total. The fourth-order valence-electron chi connectivity index (χ4n) is 0.429. The van der Waals surface area contributed by atoms with Gasteiger partial charge in [0.05, 0.1) is 0 Å². The molecule has 0 spiro atoms. The smallest absolute Gasteiger partial charge is 0.324 e. The van der Waals surface area contributed by atoms with Gasteiger partial charge in [-0.3, -0.25) is 0 Å². The first-order valence-electron chi connectivity index (χ1n) is 3.03. The summed E-state index contributed by atoms with van der Waals surface area (Å²) in [6.45, 7) is -17.6. The lowest BCUT2D eigenvalue weighted by atomic mass is 15.7. The molecule has 0 aliphatic carbocycles. The molecule has 0 aromatic carbocycles. The van der Waals surface area contributed by atoms with E-state index >= 15 is 0 Å². The molecule has 0 aliphatic rings. The molecule has 0 saturated carbocycles. The Balaban J connectivity index is 4.84.